The standard InChI is InChI=1S/C22H22FN3O6S2/c1-31-15-6-8-16(9-7-15)34(29,30)26-11-3-4-18(26)21(28)24-22-25(13-20(27)32-2)17-10-5-14(23)12-19(17)33-22/h5-10,12,18H,3-4,11,13H2,1-2H3. The fourth-order valence-corrected chi connectivity index (χ4v) is 6.52. The van der Waals surface area contributed by atoms with Crippen LogP contribution in [0.3, 0.4) is 0 Å². The molecule has 2 heterocycles. The Bertz CT molecular complexity index is 1410. The Kier molecular flexibility index (Phi) is 6.82. The Morgan fingerprint density at radius 1 is 1.18 bits per heavy atom. The van der Waals surface area contributed by atoms with E-state index in [1.807, 2.05) is 0 Å². The third-order valence-corrected chi connectivity index (χ3v) is 8.48. The van der Waals surface area contributed by atoms with Crippen LogP contribution in [0.1, 0.15) is 12.8 Å². The Labute approximate surface area is 199 Å². The van der Waals surface area contributed by atoms with E-state index < -0.39 is 33.8 Å². The maximum Gasteiger partial charge on any atom is 0.325 e. The number of methoxy groups -OCH3 is 2. The molecule has 0 radical (unpaired) electrons. The zero-order valence-corrected chi connectivity index (χ0v) is 20.1. The van der Waals surface area contributed by atoms with Gasteiger partial charge in [-0.2, -0.15) is 9.30 Å². The van der Waals surface area contributed by atoms with E-state index in [4.69, 9.17) is 9.47 Å². The maximum absolute atomic E-state index is 13.7. The smallest absolute Gasteiger partial charge is 0.325 e. The highest BCUT2D eigenvalue weighted by molar-refractivity contribution is 7.89. The number of sulfonamides is 1. The third kappa shape index (κ3) is 4.61. The molecule has 0 saturated carbocycles. The molecule has 1 amide bonds. The van der Waals surface area contributed by atoms with Gasteiger partial charge in [0, 0.05) is 6.54 Å². The Balaban J connectivity index is 1.71. The summed E-state index contributed by atoms with van der Waals surface area (Å²) in [5.41, 5.74) is 0.512. The second-order valence-corrected chi connectivity index (χ2v) is 10.5. The number of benzene rings is 2. The fraction of sp³-hybridized carbons (Fsp3) is 0.318. The van der Waals surface area contributed by atoms with Gasteiger partial charge in [0.2, 0.25) is 10.0 Å². The molecule has 1 aromatic heterocycles. The summed E-state index contributed by atoms with van der Waals surface area (Å²) in [7, 11) is -1.23. The van der Waals surface area contributed by atoms with Crippen LogP contribution < -0.4 is 9.54 Å². The van der Waals surface area contributed by atoms with Gasteiger partial charge in [-0.05, 0) is 55.3 Å². The van der Waals surface area contributed by atoms with Crippen molar-refractivity contribution in [2.45, 2.75) is 30.3 Å². The molecule has 0 spiro atoms. The molecule has 0 bridgehead atoms. The predicted molar refractivity (Wildman–Crippen MR) is 122 cm³/mol. The molecule has 2 aromatic carbocycles. The quantitative estimate of drug-likeness (QED) is 0.474. The first kappa shape index (κ1) is 24.0. The van der Waals surface area contributed by atoms with E-state index in [0.717, 1.165) is 15.6 Å². The van der Waals surface area contributed by atoms with Crippen LogP contribution in [-0.4, -0.2) is 56.0 Å². The minimum absolute atomic E-state index is 0.0473. The number of halogens is 1. The molecule has 9 nitrogen and oxygen atoms in total. The lowest BCUT2D eigenvalue weighted by molar-refractivity contribution is -0.141. The van der Waals surface area contributed by atoms with Crippen molar-refractivity contribution in [3.63, 3.8) is 0 Å². The van der Waals surface area contributed by atoms with Gasteiger partial charge in [0.15, 0.2) is 4.80 Å². The van der Waals surface area contributed by atoms with Crippen LogP contribution in [0.25, 0.3) is 10.2 Å². The molecule has 0 N–H and O–H groups in total. The molecule has 180 valence electrons. The van der Waals surface area contributed by atoms with E-state index in [2.05, 4.69) is 4.99 Å². The number of ether oxygens (including phenoxy) is 2. The molecule has 1 fully saturated rings. The molecule has 4 rings (SSSR count). The summed E-state index contributed by atoms with van der Waals surface area (Å²) in [5, 5.41) is 0. The van der Waals surface area contributed by atoms with E-state index in [-0.39, 0.29) is 22.8 Å². The number of amides is 1. The number of fused-ring (bicyclic) bond motifs is 1. The van der Waals surface area contributed by atoms with Gasteiger partial charge in [-0.25, -0.2) is 12.8 Å². The summed E-state index contributed by atoms with van der Waals surface area (Å²) in [4.78, 5) is 29.5. The van der Waals surface area contributed by atoms with Crippen molar-refractivity contribution in [2.75, 3.05) is 20.8 Å². The Hall–Kier alpha value is -3.09. The zero-order valence-electron chi connectivity index (χ0n) is 18.4. The number of rotatable bonds is 6. The van der Waals surface area contributed by atoms with Gasteiger partial charge in [-0.15, -0.1) is 0 Å². The fourth-order valence-electron chi connectivity index (χ4n) is 3.81. The second kappa shape index (κ2) is 9.65. The highest BCUT2D eigenvalue weighted by Crippen LogP contribution is 2.28. The van der Waals surface area contributed by atoms with Gasteiger partial charge in [0.1, 0.15) is 24.2 Å². The number of aromatic nitrogens is 1. The first-order valence-electron chi connectivity index (χ1n) is 10.3. The van der Waals surface area contributed by atoms with E-state index in [0.29, 0.717) is 28.8 Å². The molecule has 1 aliphatic heterocycles. The SMILES string of the molecule is COC(=O)Cn1c(=NC(=O)C2CCCN2S(=O)(=O)c2ccc(OC)cc2)sc2cc(F)ccc21. The van der Waals surface area contributed by atoms with Crippen molar-refractivity contribution in [3.8, 4) is 5.75 Å². The van der Waals surface area contributed by atoms with Gasteiger partial charge in [0.25, 0.3) is 5.91 Å². The first-order valence-corrected chi connectivity index (χ1v) is 12.6. The second-order valence-electron chi connectivity index (χ2n) is 7.56. The third-order valence-electron chi connectivity index (χ3n) is 5.52. The number of hydrogen-bond donors (Lipinski definition) is 0. The number of thiazole rings is 1. The summed E-state index contributed by atoms with van der Waals surface area (Å²) in [5.74, 6) is -1.17. The summed E-state index contributed by atoms with van der Waals surface area (Å²) >= 11 is 1.03. The lowest BCUT2D eigenvalue weighted by Gasteiger charge is -2.21. The Morgan fingerprint density at radius 3 is 2.59 bits per heavy atom. The molecular weight excluding hydrogens is 485 g/mol. The minimum atomic E-state index is -3.94. The normalized spacial score (nSPS) is 17.3. The van der Waals surface area contributed by atoms with Crippen LogP contribution in [0, 0.1) is 5.82 Å². The zero-order chi connectivity index (χ0) is 24.5. The van der Waals surface area contributed by atoms with Crippen molar-refractivity contribution in [2.24, 2.45) is 4.99 Å². The average Bonchev–Trinajstić information content (AvgIpc) is 3.45. The van der Waals surface area contributed by atoms with Crippen molar-refractivity contribution in [1.82, 2.24) is 8.87 Å². The summed E-state index contributed by atoms with van der Waals surface area (Å²) in [6, 6.07) is 8.96. The van der Waals surface area contributed by atoms with Gasteiger partial charge in [0.05, 0.1) is 29.3 Å². The molecule has 3 aromatic rings. The maximum atomic E-state index is 13.7. The van der Waals surface area contributed by atoms with Crippen LogP contribution in [0.4, 0.5) is 4.39 Å². The molecular formula is C22H22FN3O6S2. The van der Waals surface area contributed by atoms with Crippen molar-refractivity contribution >= 4 is 43.5 Å². The molecule has 0 aliphatic carbocycles. The number of carbonyl (C=O) groups is 2. The average molecular weight is 508 g/mol. The van der Waals surface area contributed by atoms with E-state index in [9.17, 15) is 22.4 Å². The summed E-state index contributed by atoms with van der Waals surface area (Å²) in [6.45, 7) is -0.0488. The molecule has 1 unspecified atom stereocenters. The highest BCUT2D eigenvalue weighted by atomic mass is 32.2. The monoisotopic (exact) mass is 507 g/mol. The van der Waals surface area contributed by atoms with E-state index in [1.165, 1.54) is 61.3 Å². The largest absolute Gasteiger partial charge is 0.497 e. The van der Waals surface area contributed by atoms with E-state index >= 15 is 0 Å². The number of nitrogens with zero attached hydrogens (tertiary/aromatic N) is 3. The number of esters is 1. The van der Waals surface area contributed by atoms with Crippen LogP contribution in [0.15, 0.2) is 52.4 Å². The van der Waals surface area contributed by atoms with Gasteiger partial charge >= 0.3 is 5.97 Å². The van der Waals surface area contributed by atoms with Crippen molar-refractivity contribution < 1.29 is 31.9 Å². The summed E-state index contributed by atoms with van der Waals surface area (Å²) in [6.07, 6.45) is 0.815. The van der Waals surface area contributed by atoms with Crippen LogP contribution in [-0.2, 0) is 30.9 Å². The van der Waals surface area contributed by atoms with Gasteiger partial charge < -0.3 is 14.0 Å². The van der Waals surface area contributed by atoms with Crippen LogP contribution in [0.2, 0.25) is 0 Å². The lowest BCUT2D eigenvalue weighted by Crippen LogP contribution is -2.40. The van der Waals surface area contributed by atoms with Crippen molar-refractivity contribution in [3.05, 3.63) is 53.1 Å². The predicted octanol–water partition coefficient (Wildman–Crippen LogP) is 2.30. The molecule has 1 aliphatic rings. The van der Waals surface area contributed by atoms with Gasteiger partial charge in [-0.3, -0.25) is 9.59 Å². The first-order chi connectivity index (χ1) is 16.2. The molecule has 34 heavy (non-hydrogen) atoms. The van der Waals surface area contributed by atoms with Crippen molar-refractivity contribution in [1.29, 1.82) is 0 Å². The van der Waals surface area contributed by atoms with E-state index in [1.54, 1.807) is 0 Å². The molecule has 12 heteroatoms. The summed E-state index contributed by atoms with van der Waals surface area (Å²) < 4.78 is 53.1. The van der Waals surface area contributed by atoms with Gasteiger partial charge in [-0.1, -0.05) is 11.3 Å². The topological polar surface area (TPSA) is 107 Å². The van der Waals surface area contributed by atoms with Crippen LogP contribution >= 0.6 is 11.3 Å². The Morgan fingerprint density at radius 2 is 1.91 bits per heavy atom. The number of hydrogen-bond acceptors (Lipinski definition) is 7. The molecule has 1 saturated heterocycles. The number of carbonyl (C=O) groups excluding carboxylic acids is 2. The highest BCUT2D eigenvalue weighted by Gasteiger charge is 2.39. The minimum Gasteiger partial charge on any atom is -0.497 e. The van der Waals surface area contributed by atoms with Crippen LogP contribution in [0.5, 0.6) is 5.75 Å². The molecule has 1 atom stereocenters. The lowest BCUT2D eigenvalue weighted by atomic mass is 10.2.